The van der Waals surface area contributed by atoms with E-state index < -0.39 is 17.7 Å². The van der Waals surface area contributed by atoms with Crippen molar-refractivity contribution in [1.82, 2.24) is 4.98 Å². The Labute approximate surface area is 118 Å². The minimum atomic E-state index is -1.23. The highest BCUT2D eigenvalue weighted by Gasteiger charge is 2.16. The third-order valence-electron chi connectivity index (χ3n) is 2.40. The number of carbonyl (C=O) groups is 2. The third-order valence-corrected chi connectivity index (χ3v) is 2.71. The summed E-state index contributed by atoms with van der Waals surface area (Å²) in [5.74, 6) is -2.81. The van der Waals surface area contributed by atoms with Crippen LogP contribution in [0.3, 0.4) is 0 Å². The van der Waals surface area contributed by atoms with E-state index in [1.54, 1.807) is 0 Å². The van der Waals surface area contributed by atoms with Crippen molar-refractivity contribution in [2.24, 2.45) is 0 Å². The Bertz CT molecular complexity index is 671. The zero-order valence-electron chi connectivity index (χ0n) is 9.93. The lowest BCUT2D eigenvalue weighted by atomic mass is 10.2. The van der Waals surface area contributed by atoms with Gasteiger partial charge in [-0.3, -0.25) is 4.79 Å². The fourth-order valence-electron chi connectivity index (χ4n) is 1.52. The van der Waals surface area contributed by atoms with Crippen LogP contribution in [0.1, 0.15) is 20.8 Å². The highest BCUT2D eigenvalue weighted by Crippen LogP contribution is 2.20. The van der Waals surface area contributed by atoms with Gasteiger partial charge in [0.2, 0.25) is 0 Å². The molecule has 0 radical (unpaired) electrons. The number of carboxylic acid groups (broad SMARTS) is 1. The molecule has 0 bridgehead atoms. The van der Waals surface area contributed by atoms with Gasteiger partial charge in [0, 0.05) is 0 Å². The summed E-state index contributed by atoms with van der Waals surface area (Å²) in [6.45, 7) is 0. The van der Waals surface area contributed by atoms with Crippen LogP contribution in [0.4, 0.5) is 10.2 Å². The van der Waals surface area contributed by atoms with Crippen LogP contribution in [0.2, 0.25) is 5.02 Å². The monoisotopic (exact) mass is 294 g/mol. The number of rotatable bonds is 3. The molecule has 0 aliphatic carbocycles. The molecule has 0 unspecified atom stereocenters. The molecule has 1 aromatic heterocycles. The van der Waals surface area contributed by atoms with Gasteiger partial charge in [-0.2, -0.15) is 0 Å². The van der Waals surface area contributed by atoms with Crippen LogP contribution in [0.25, 0.3) is 0 Å². The smallest absolute Gasteiger partial charge is 0.354 e. The SMILES string of the molecule is O=C(O)c1cccc(NC(=O)c2c(F)cccc2Cl)n1. The number of nitrogens with zero attached hydrogens (tertiary/aromatic N) is 1. The zero-order chi connectivity index (χ0) is 14.7. The maximum absolute atomic E-state index is 13.6. The predicted octanol–water partition coefficient (Wildman–Crippen LogP) is 2.82. The van der Waals surface area contributed by atoms with Crippen LogP contribution in [0.5, 0.6) is 0 Å². The number of aromatic carboxylic acids is 1. The summed E-state index contributed by atoms with van der Waals surface area (Å²) in [4.78, 5) is 26.4. The van der Waals surface area contributed by atoms with Crippen molar-refractivity contribution in [2.45, 2.75) is 0 Å². The molecule has 1 amide bonds. The first-order chi connectivity index (χ1) is 9.49. The van der Waals surface area contributed by atoms with E-state index in [-0.39, 0.29) is 22.1 Å². The fourth-order valence-corrected chi connectivity index (χ4v) is 1.77. The van der Waals surface area contributed by atoms with E-state index in [9.17, 15) is 14.0 Å². The molecule has 20 heavy (non-hydrogen) atoms. The Morgan fingerprint density at radius 1 is 1.20 bits per heavy atom. The Kier molecular flexibility index (Phi) is 3.95. The summed E-state index contributed by atoms with van der Waals surface area (Å²) < 4.78 is 13.6. The van der Waals surface area contributed by atoms with Crippen LogP contribution < -0.4 is 5.32 Å². The van der Waals surface area contributed by atoms with Gasteiger partial charge >= 0.3 is 5.97 Å². The molecular weight excluding hydrogens is 287 g/mol. The number of carboxylic acids is 1. The van der Waals surface area contributed by atoms with Gasteiger partial charge in [-0.1, -0.05) is 23.7 Å². The summed E-state index contributed by atoms with van der Waals surface area (Å²) in [6, 6.07) is 7.92. The molecule has 0 saturated heterocycles. The van der Waals surface area contributed by atoms with E-state index in [0.717, 1.165) is 6.07 Å². The molecule has 1 aromatic carbocycles. The van der Waals surface area contributed by atoms with E-state index in [1.165, 1.54) is 30.3 Å². The minimum absolute atomic E-state index is 0.00535. The van der Waals surface area contributed by atoms with E-state index >= 15 is 0 Å². The van der Waals surface area contributed by atoms with Crippen molar-refractivity contribution >= 4 is 29.3 Å². The third kappa shape index (κ3) is 2.92. The minimum Gasteiger partial charge on any atom is -0.477 e. The van der Waals surface area contributed by atoms with Gasteiger partial charge < -0.3 is 10.4 Å². The number of aromatic nitrogens is 1. The van der Waals surface area contributed by atoms with Crippen LogP contribution in [0.15, 0.2) is 36.4 Å². The first-order valence-electron chi connectivity index (χ1n) is 5.45. The normalized spacial score (nSPS) is 10.1. The van der Waals surface area contributed by atoms with E-state index in [4.69, 9.17) is 16.7 Å². The molecule has 7 heteroatoms. The molecule has 0 aliphatic heterocycles. The van der Waals surface area contributed by atoms with Crippen LogP contribution in [-0.2, 0) is 0 Å². The molecule has 2 N–H and O–H groups in total. The van der Waals surface area contributed by atoms with Gasteiger partial charge in [0.15, 0.2) is 5.69 Å². The van der Waals surface area contributed by atoms with Gasteiger partial charge in [0.1, 0.15) is 11.6 Å². The number of carbonyl (C=O) groups excluding carboxylic acids is 1. The quantitative estimate of drug-likeness (QED) is 0.912. The molecule has 0 atom stereocenters. The lowest BCUT2D eigenvalue weighted by Crippen LogP contribution is -2.16. The lowest BCUT2D eigenvalue weighted by Gasteiger charge is -2.07. The summed E-state index contributed by atoms with van der Waals surface area (Å²) in [7, 11) is 0. The van der Waals surface area contributed by atoms with E-state index in [0.29, 0.717) is 0 Å². The number of anilines is 1. The van der Waals surface area contributed by atoms with Gasteiger partial charge in [0.25, 0.3) is 5.91 Å². The first kappa shape index (κ1) is 14.0. The van der Waals surface area contributed by atoms with Crippen LogP contribution >= 0.6 is 11.6 Å². The molecule has 0 fully saturated rings. The van der Waals surface area contributed by atoms with Gasteiger partial charge in [-0.15, -0.1) is 0 Å². The molecule has 102 valence electrons. The van der Waals surface area contributed by atoms with Gasteiger partial charge in [-0.05, 0) is 24.3 Å². The second-order valence-electron chi connectivity index (χ2n) is 3.76. The van der Waals surface area contributed by atoms with Crippen molar-refractivity contribution < 1.29 is 19.1 Å². The molecule has 1 heterocycles. The van der Waals surface area contributed by atoms with E-state index in [2.05, 4.69) is 10.3 Å². The number of pyridine rings is 1. The second-order valence-corrected chi connectivity index (χ2v) is 4.17. The lowest BCUT2D eigenvalue weighted by molar-refractivity contribution is 0.0690. The standard InChI is InChI=1S/C13H8ClFN2O3/c14-7-3-1-4-8(15)11(7)12(18)17-10-6-2-5-9(16-10)13(19)20/h1-6H,(H,19,20)(H,16,17,18). The number of amides is 1. The summed E-state index contributed by atoms with van der Waals surface area (Å²) >= 11 is 5.76. The summed E-state index contributed by atoms with van der Waals surface area (Å²) in [6.07, 6.45) is 0. The molecule has 2 aromatic rings. The van der Waals surface area contributed by atoms with Gasteiger partial charge in [-0.25, -0.2) is 14.2 Å². The van der Waals surface area contributed by atoms with Crippen molar-refractivity contribution in [3.63, 3.8) is 0 Å². The Balaban J connectivity index is 2.28. The maximum Gasteiger partial charge on any atom is 0.354 e. The second kappa shape index (κ2) is 5.66. The Morgan fingerprint density at radius 3 is 2.55 bits per heavy atom. The highest BCUT2D eigenvalue weighted by molar-refractivity contribution is 6.34. The number of nitrogens with one attached hydrogen (secondary N) is 1. The highest BCUT2D eigenvalue weighted by atomic mass is 35.5. The molecule has 0 saturated carbocycles. The Morgan fingerprint density at radius 2 is 1.90 bits per heavy atom. The average Bonchev–Trinajstić information content (AvgIpc) is 2.38. The molecule has 5 nitrogen and oxygen atoms in total. The zero-order valence-corrected chi connectivity index (χ0v) is 10.7. The number of benzene rings is 1. The van der Waals surface area contributed by atoms with E-state index in [1.807, 2.05) is 0 Å². The van der Waals surface area contributed by atoms with Crippen molar-refractivity contribution in [3.05, 3.63) is 58.5 Å². The van der Waals surface area contributed by atoms with Crippen LogP contribution in [0, 0.1) is 5.82 Å². The topological polar surface area (TPSA) is 79.3 Å². The Hall–Kier alpha value is -2.47. The molecular formula is C13H8ClFN2O3. The largest absolute Gasteiger partial charge is 0.477 e. The van der Waals surface area contributed by atoms with Crippen molar-refractivity contribution in [3.8, 4) is 0 Å². The number of halogens is 2. The van der Waals surface area contributed by atoms with Crippen molar-refractivity contribution in [2.75, 3.05) is 5.32 Å². The van der Waals surface area contributed by atoms with Crippen molar-refractivity contribution in [1.29, 1.82) is 0 Å². The van der Waals surface area contributed by atoms with Gasteiger partial charge in [0.05, 0.1) is 10.6 Å². The van der Waals surface area contributed by atoms with Crippen LogP contribution in [-0.4, -0.2) is 22.0 Å². The molecule has 0 spiro atoms. The fraction of sp³-hybridized carbons (Fsp3) is 0. The molecule has 0 aliphatic rings. The number of hydrogen-bond donors (Lipinski definition) is 2. The number of hydrogen-bond acceptors (Lipinski definition) is 3. The first-order valence-corrected chi connectivity index (χ1v) is 5.82. The predicted molar refractivity (Wildman–Crippen MR) is 70.6 cm³/mol. The average molecular weight is 295 g/mol. The maximum atomic E-state index is 13.6. The summed E-state index contributed by atoms with van der Waals surface area (Å²) in [5.41, 5.74) is -0.556. The molecule has 2 rings (SSSR count). The summed E-state index contributed by atoms with van der Waals surface area (Å²) in [5, 5.41) is 11.0.